The van der Waals surface area contributed by atoms with Gasteiger partial charge in [-0.2, -0.15) is 21.9 Å². The van der Waals surface area contributed by atoms with Crippen LogP contribution in [0.25, 0.3) is 10.8 Å². The molecule has 0 aliphatic carbocycles. The van der Waals surface area contributed by atoms with Crippen molar-refractivity contribution in [3.63, 3.8) is 0 Å². The van der Waals surface area contributed by atoms with Crippen molar-refractivity contribution in [1.82, 2.24) is 0 Å². The Morgan fingerprint density at radius 1 is 0.781 bits per heavy atom. The van der Waals surface area contributed by atoms with E-state index in [2.05, 4.69) is 10.2 Å². The predicted molar refractivity (Wildman–Crippen MR) is 120 cm³/mol. The molecule has 16 heteroatoms. The van der Waals surface area contributed by atoms with Gasteiger partial charge in [0.05, 0.1) is 10.6 Å². The van der Waals surface area contributed by atoms with Gasteiger partial charge in [-0.05, 0) is 41.2 Å². The van der Waals surface area contributed by atoms with Crippen LogP contribution in [-0.4, -0.2) is 107 Å². The minimum absolute atomic E-state index is 0. The fourth-order valence-electron chi connectivity index (χ4n) is 2.61. The SMILES string of the molecule is O=S(=O)(O)c1ccc2c(/N=N/c3ccc(B(O)O)cc3)c(O)c(S(=O)(=O)O)cc2c1.[NaH].[NaH]. The summed E-state index contributed by atoms with van der Waals surface area (Å²) in [6.07, 6.45) is 0. The normalized spacial score (nSPS) is 11.8. The zero-order chi connectivity index (χ0) is 22.3. The second kappa shape index (κ2) is 11.0. The summed E-state index contributed by atoms with van der Waals surface area (Å²) in [5.41, 5.74) is 0.0143. The van der Waals surface area contributed by atoms with Crippen LogP contribution < -0.4 is 5.46 Å². The molecule has 160 valence electrons. The quantitative estimate of drug-likeness (QED) is 0.180. The Labute approximate surface area is 227 Å². The molecule has 0 aliphatic heterocycles. The zero-order valence-electron chi connectivity index (χ0n) is 14.8. The number of fused-ring (bicyclic) bond motifs is 1. The summed E-state index contributed by atoms with van der Waals surface area (Å²) in [6.45, 7) is 0. The molecule has 0 heterocycles. The molecule has 0 aliphatic rings. The van der Waals surface area contributed by atoms with Gasteiger partial charge in [-0.3, -0.25) is 9.11 Å². The van der Waals surface area contributed by atoms with E-state index in [0.717, 1.165) is 18.2 Å². The summed E-state index contributed by atoms with van der Waals surface area (Å²) in [5, 5.41) is 36.2. The maximum atomic E-state index is 11.6. The Balaban J connectivity index is 0.00000256. The van der Waals surface area contributed by atoms with Crippen LogP contribution in [0, 0.1) is 0 Å². The molecule has 0 saturated heterocycles. The molecular formula is C16H15BN2Na2O9S2. The van der Waals surface area contributed by atoms with Crippen molar-refractivity contribution >= 4 is 114 Å². The number of rotatable bonds is 5. The van der Waals surface area contributed by atoms with E-state index in [-0.39, 0.29) is 86.7 Å². The van der Waals surface area contributed by atoms with Crippen LogP contribution >= 0.6 is 0 Å². The number of nitrogens with zero attached hydrogens (tertiary/aromatic N) is 2. The Hall–Kier alpha value is -0.875. The van der Waals surface area contributed by atoms with E-state index in [9.17, 15) is 31.0 Å². The average molecular weight is 500 g/mol. The van der Waals surface area contributed by atoms with Crippen molar-refractivity contribution < 1.29 is 41.1 Å². The van der Waals surface area contributed by atoms with Gasteiger partial charge in [-0.15, -0.1) is 5.11 Å². The van der Waals surface area contributed by atoms with Gasteiger partial charge in [0, 0.05) is 5.39 Å². The fourth-order valence-corrected chi connectivity index (χ4v) is 3.74. The van der Waals surface area contributed by atoms with Crippen molar-refractivity contribution in [2.45, 2.75) is 9.79 Å². The molecule has 0 bridgehead atoms. The van der Waals surface area contributed by atoms with E-state index in [1.54, 1.807) is 0 Å². The first-order chi connectivity index (χ1) is 13.9. The van der Waals surface area contributed by atoms with E-state index < -0.39 is 42.9 Å². The molecule has 0 spiro atoms. The van der Waals surface area contributed by atoms with Gasteiger partial charge in [-0.25, -0.2) is 0 Å². The fraction of sp³-hybridized carbons (Fsp3) is 0. The summed E-state index contributed by atoms with van der Waals surface area (Å²) >= 11 is 0. The average Bonchev–Trinajstić information content (AvgIpc) is 2.65. The van der Waals surface area contributed by atoms with Gasteiger partial charge < -0.3 is 15.2 Å². The third-order valence-corrected chi connectivity index (χ3v) is 5.77. The van der Waals surface area contributed by atoms with E-state index in [1.807, 2.05) is 0 Å². The summed E-state index contributed by atoms with van der Waals surface area (Å²) in [4.78, 5) is -1.47. The van der Waals surface area contributed by atoms with Crippen molar-refractivity contribution in [3.8, 4) is 5.75 Å². The third-order valence-electron chi connectivity index (χ3n) is 4.05. The third kappa shape index (κ3) is 6.59. The van der Waals surface area contributed by atoms with E-state index >= 15 is 0 Å². The summed E-state index contributed by atoms with van der Waals surface area (Å²) in [7, 11) is -11.2. The maximum absolute atomic E-state index is 11.6. The molecule has 0 amide bonds. The number of hydrogen-bond acceptors (Lipinski definition) is 9. The van der Waals surface area contributed by atoms with Crippen LogP contribution in [0.15, 0.2) is 68.6 Å². The number of phenols is 1. The van der Waals surface area contributed by atoms with E-state index in [0.29, 0.717) is 0 Å². The van der Waals surface area contributed by atoms with E-state index in [1.165, 1.54) is 30.3 Å². The second-order valence-corrected chi connectivity index (χ2v) is 8.88. The second-order valence-electron chi connectivity index (χ2n) is 6.07. The van der Waals surface area contributed by atoms with Crippen LogP contribution in [0.5, 0.6) is 5.75 Å². The first-order valence-electron chi connectivity index (χ1n) is 8.00. The number of benzene rings is 3. The van der Waals surface area contributed by atoms with Crippen LogP contribution in [0.2, 0.25) is 0 Å². The molecule has 0 fully saturated rings. The van der Waals surface area contributed by atoms with Gasteiger partial charge in [0.2, 0.25) is 0 Å². The Kier molecular flexibility index (Phi) is 10.1. The molecule has 3 aromatic carbocycles. The van der Waals surface area contributed by atoms with Crippen molar-refractivity contribution in [2.24, 2.45) is 10.2 Å². The predicted octanol–water partition coefficient (Wildman–Crippen LogP) is -0.163. The Morgan fingerprint density at radius 3 is 1.88 bits per heavy atom. The number of hydrogen-bond donors (Lipinski definition) is 5. The van der Waals surface area contributed by atoms with Crippen LogP contribution in [0.3, 0.4) is 0 Å². The molecular weight excluding hydrogens is 485 g/mol. The van der Waals surface area contributed by atoms with Crippen LogP contribution in [0.1, 0.15) is 0 Å². The molecule has 32 heavy (non-hydrogen) atoms. The summed E-state index contributed by atoms with van der Waals surface area (Å²) in [6, 6.07) is 9.40. The molecule has 3 aromatic rings. The molecule has 0 atom stereocenters. The topological polar surface area (TPSA) is 194 Å². The van der Waals surface area contributed by atoms with Crippen molar-refractivity contribution in [1.29, 1.82) is 0 Å². The molecule has 0 aromatic heterocycles. The molecule has 0 radical (unpaired) electrons. The Bertz CT molecular complexity index is 1380. The number of azo groups is 1. The van der Waals surface area contributed by atoms with Gasteiger partial charge in [0.1, 0.15) is 10.6 Å². The number of aromatic hydroxyl groups is 1. The van der Waals surface area contributed by atoms with Gasteiger partial charge >= 0.3 is 66.2 Å². The van der Waals surface area contributed by atoms with Gasteiger partial charge in [-0.1, -0.05) is 18.2 Å². The summed E-state index contributed by atoms with van der Waals surface area (Å²) < 4.78 is 64.5. The van der Waals surface area contributed by atoms with Gasteiger partial charge in [0.25, 0.3) is 20.2 Å². The molecule has 0 unspecified atom stereocenters. The molecule has 11 nitrogen and oxygen atoms in total. The first-order valence-corrected chi connectivity index (χ1v) is 10.9. The minimum atomic E-state index is -4.91. The van der Waals surface area contributed by atoms with Crippen LogP contribution in [-0.2, 0) is 20.2 Å². The van der Waals surface area contributed by atoms with Crippen LogP contribution in [0.4, 0.5) is 11.4 Å². The van der Waals surface area contributed by atoms with Gasteiger partial charge in [0.15, 0.2) is 5.75 Å². The first kappa shape index (κ1) is 29.2. The van der Waals surface area contributed by atoms with Crippen molar-refractivity contribution in [2.75, 3.05) is 0 Å². The van der Waals surface area contributed by atoms with E-state index in [4.69, 9.17) is 10.0 Å². The molecule has 5 N–H and O–H groups in total. The molecule has 0 saturated carbocycles. The monoisotopic (exact) mass is 500 g/mol. The van der Waals surface area contributed by atoms with Crippen molar-refractivity contribution in [3.05, 3.63) is 48.5 Å². The summed E-state index contributed by atoms with van der Waals surface area (Å²) in [5.74, 6) is -0.921. The zero-order valence-corrected chi connectivity index (χ0v) is 16.4. The standard InChI is InChI=1S/C16H13BN2O9S2.2Na.2H/c20-16-14(30(26,27)28)8-9-7-12(29(23,24)25)5-6-13(9)15(16)19-18-11-3-1-10(2-4-11)17(21)22;;;;/h1-8,20-22H,(H,23,24,25)(H,26,27,28);;;;/b19-18+;;;;. The number of phenolic OH excluding ortho intramolecular Hbond substituents is 1. The molecule has 3 rings (SSSR count). The Morgan fingerprint density at radius 2 is 1.38 bits per heavy atom.